The Bertz CT molecular complexity index is 670. The summed E-state index contributed by atoms with van der Waals surface area (Å²) in [7, 11) is 3.14. The molecule has 2 heterocycles. The fraction of sp³-hybridized carbons (Fsp3) is 0.444. The number of rotatable bonds is 5. The standard InChI is InChI=1S/C18H23N3O3/c1-13(21-8-10-24-11-9-21)14-4-6-15(7-5-14)16-12-19-18(23-3)20-17(16)22-2/h4-7,12-13H,8-11H2,1-3H3/t13-/m0/s1. The predicted octanol–water partition coefficient (Wildman–Crippen LogP) is 2.55. The van der Waals surface area contributed by atoms with Crippen LogP contribution < -0.4 is 9.47 Å². The van der Waals surface area contributed by atoms with Gasteiger partial charge in [0.05, 0.1) is 33.0 Å². The molecule has 3 rings (SSSR count). The number of aromatic nitrogens is 2. The van der Waals surface area contributed by atoms with Gasteiger partial charge in [0.15, 0.2) is 0 Å². The smallest absolute Gasteiger partial charge is 0.319 e. The van der Waals surface area contributed by atoms with Crippen molar-refractivity contribution < 1.29 is 14.2 Å². The second-order valence-corrected chi connectivity index (χ2v) is 5.73. The van der Waals surface area contributed by atoms with E-state index in [1.54, 1.807) is 13.3 Å². The van der Waals surface area contributed by atoms with Crippen molar-refractivity contribution in [3.63, 3.8) is 0 Å². The van der Waals surface area contributed by atoms with Crippen LogP contribution in [0.5, 0.6) is 11.9 Å². The Labute approximate surface area is 142 Å². The van der Waals surface area contributed by atoms with Gasteiger partial charge in [-0.2, -0.15) is 4.98 Å². The zero-order valence-corrected chi connectivity index (χ0v) is 14.4. The van der Waals surface area contributed by atoms with Crippen molar-refractivity contribution in [2.75, 3.05) is 40.5 Å². The van der Waals surface area contributed by atoms with Gasteiger partial charge in [-0.15, -0.1) is 0 Å². The summed E-state index contributed by atoms with van der Waals surface area (Å²) in [6.45, 7) is 5.80. The zero-order valence-electron chi connectivity index (χ0n) is 14.4. The van der Waals surface area contributed by atoms with Crippen LogP contribution in [-0.4, -0.2) is 55.4 Å². The maximum Gasteiger partial charge on any atom is 0.319 e. The molecule has 24 heavy (non-hydrogen) atoms. The minimum absolute atomic E-state index is 0.299. The monoisotopic (exact) mass is 329 g/mol. The van der Waals surface area contributed by atoms with E-state index in [-0.39, 0.29) is 0 Å². The summed E-state index contributed by atoms with van der Waals surface area (Å²) in [5.41, 5.74) is 3.16. The highest BCUT2D eigenvalue weighted by atomic mass is 16.5. The van der Waals surface area contributed by atoms with E-state index >= 15 is 0 Å². The molecule has 1 fully saturated rings. The van der Waals surface area contributed by atoms with E-state index < -0.39 is 0 Å². The lowest BCUT2D eigenvalue weighted by atomic mass is 10.0. The van der Waals surface area contributed by atoms with Gasteiger partial charge >= 0.3 is 6.01 Å². The maximum absolute atomic E-state index is 5.43. The molecule has 0 unspecified atom stereocenters. The van der Waals surface area contributed by atoms with Crippen molar-refractivity contribution >= 4 is 0 Å². The van der Waals surface area contributed by atoms with E-state index in [0.29, 0.717) is 17.9 Å². The average molecular weight is 329 g/mol. The molecule has 0 spiro atoms. The first-order valence-corrected chi connectivity index (χ1v) is 8.10. The molecule has 1 aliphatic heterocycles. The molecule has 0 bridgehead atoms. The number of hydrogen-bond acceptors (Lipinski definition) is 6. The van der Waals surface area contributed by atoms with Crippen LogP contribution in [0.3, 0.4) is 0 Å². The number of morpholine rings is 1. The molecule has 0 saturated carbocycles. The molecule has 0 radical (unpaired) electrons. The van der Waals surface area contributed by atoms with Crippen LogP contribution in [0.15, 0.2) is 30.5 Å². The van der Waals surface area contributed by atoms with Gasteiger partial charge in [-0.05, 0) is 18.1 Å². The molecular weight excluding hydrogens is 306 g/mol. The summed E-state index contributed by atoms with van der Waals surface area (Å²) in [6, 6.07) is 9.14. The van der Waals surface area contributed by atoms with Gasteiger partial charge in [0.2, 0.25) is 5.88 Å². The third-order valence-electron chi connectivity index (χ3n) is 4.41. The second-order valence-electron chi connectivity index (χ2n) is 5.73. The Morgan fingerprint density at radius 1 is 1.08 bits per heavy atom. The summed E-state index contributed by atoms with van der Waals surface area (Å²) >= 11 is 0. The molecule has 1 saturated heterocycles. The topological polar surface area (TPSA) is 56.7 Å². The molecule has 1 atom stereocenters. The van der Waals surface area contributed by atoms with Crippen molar-refractivity contribution in [2.24, 2.45) is 0 Å². The molecule has 1 aromatic heterocycles. The normalized spacial score (nSPS) is 16.6. The van der Waals surface area contributed by atoms with Crippen LogP contribution in [0.2, 0.25) is 0 Å². The SMILES string of the molecule is COc1ncc(-c2ccc([C@H](C)N3CCOCC3)cc2)c(OC)n1. The molecule has 1 aliphatic rings. The first kappa shape index (κ1) is 16.7. The predicted molar refractivity (Wildman–Crippen MR) is 91.4 cm³/mol. The van der Waals surface area contributed by atoms with Crippen LogP contribution >= 0.6 is 0 Å². The van der Waals surface area contributed by atoms with E-state index in [9.17, 15) is 0 Å². The molecule has 0 amide bonds. The molecule has 128 valence electrons. The van der Waals surface area contributed by atoms with Crippen LogP contribution in [0, 0.1) is 0 Å². The maximum atomic E-state index is 5.43. The summed E-state index contributed by atoms with van der Waals surface area (Å²) in [5, 5.41) is 0. The van der Waals surface area contributed by atoms with Crippen LogP contribution in [0.1, 0.15) is 18.5 Å². The largest absolute Gasteiger partial charge is 0.480 e. The van der Waals surface area contributed by atoms with Gasteiger partial charge < -0.3 is 14.2 Å². The van der Waals surface area contributed by atoms with Crippen molar-refractivity contribution in [3.8, 4) is 23.0 Å². The first-order chi connectivity index (χ1) is 11.7. The Kier molecular flexibility index (Phi) is 5.27. The van der Waals surface area contributed by atoms with Crippen molar-refractivity contribution in [3.05, 3.63) is 36.0 Å². The number of benzene rings is 1. The van der Waals surface area contributed by atoms with Gasteiger partial charge in [0.25, 0.3) is 0 Å². The van der Waals surface area contributed by atoms with Crippen molar-refractivity contribution in [1.29, 1.82) is 0 Å². The highest BCUT2D eigenvalue weighted by Gasteiger charge is 2.18. The highest BCUT2D eigenvalue weighted by molar-refractivity contribution is 5.68. The minimum atomic E-state index is 0.299. The number of nitrogens with zero attached hydrogens (tertiary/aromatic N) is 3. The Morgan fingerprint density at radius 2 is 1.79 bits per heavy atom. The molecule has 6 nitrogen and oxygen atoms in total. The quantitative estimate of drug-likeness (QED) is 0.840. The van der Waals surface area contributed by atoms with Gasteiger partial charge in [-0.25, -0.2) is 4.98 Å². The van der Waals surface area contributed by atoms with Crippen LogP contribution in [-0.2, 0) is 4.74 Å². The molecule has 2 aromatic rings. The molecule has 0 aliphatic carbocycles. The van der Waals surface area contributed by atoms with Gasteiger partial charge in [0, 0.05) is 25.3 Å². The fourth-order valence-corrected chi connectivity index (χ4v) is 2.92. The summed E-state index contributed by atoms with van der Waals surface area (Å²) < 4.78 is 15.8. The molecule has 6 heteroatoms. The van der Waals surface area contributed by atoms with Crippen molar-refractivity contribution in [2.45, 2.75) is 13.0 Å². The zero-order chi connectivity index (χ0) is 16.9. The average Bonchev–Trinajstić information content (AvgIpc) is 2.67. The van der Waals surface area contributed by atoms with E-state index in [4.69, 9.17) is 14.2 Å². The Hall–Kier alpha value is -2.18. The third kappa shape index (κ3) is 3.49. The molecular formula is C18H23N3O3. The van der Waals surface area contributed by atoms with Gasteiger partial charge in [-0.3, -0.25) is 4.90 Å². The van der Waals surface area contributed by atoms with Gasteiger partial charge in [-0.1, -0.05) is 24.3 Å². The lowest BCUT2D eigenvalue weighted by Gasteiger charge is -2.32. The number of methoxy groups -OCH3 is 2. The van der Waals surface area contributed by atoms with Crippen LogP contribution in [0.4, 0.5) is 0 Å². The number of hydrogen-bond donors (Lipinski definition) is 0. The number of ether oxygens (including phenoxy) is 3. The Morgan fingerprint density at radius 3 is 2.42 bits per heavy atom. The van der Waals surface area contributed by atoms with E-state index in [1.165, 1.54) is 12.7 Å². The highest BCUT2D eigenvalue weighted by Crippen LogP contribution is 2.30. The summed E-state index contributed by atoms with van der Waals surface area (Å²) in [6.07, 6.45) is 1.73. The van der Waals surface area contributed by atoms with E-state index in [0.717, 1.165) is 37.4 Å². The van der Waals surface area contributed by atoms with Crippen molar-refractivity contribution in [1.82, 2.24) is 14.9 Å². The summed E-state index contributed by atoms with van der Waals surface area (Å²) in [5.74, 6) is 0.510. The summed E-state index contributed by atoms with van der Waals surface area (Å²) in [4.78, 5) is 10.9. The fourth-order valence-electron chi connectivity index (χ4n) is 2.92. The lowest BCUT2D eigenvalue weighted by Crippen LogP contribution is -2.37. The van der Waals surface area contributed by atoms with Crippen LogP contribution in [0.25, 0.3) is 11.1 Å². The van der Waals surface area contributed by atoms with E-state index in [1.807, 2.05) is 0 Å². The second kappa shape index (κ2) is 7.59. The first-order valence-electron chi connectivity index (χ1n) is 8.10. The van der Waals surface area contributed by atoms with E-state index in [2.05, 4.69) is 46.1 Å². The molecule has 0 N–H and O–H groups in total. The Balaban J connectivity index is 1.81. The lowest BCUT2D eigenvalue weighted by molar-refractivity contribution is 0.0198. The minimum Gasteiger partial charge on any atom is -0.480 e. The van der Waals surface area contributed by atoms with Gasteiger partial charge in [0.1, 0.15) is 0 Å². The molecule has 1 aromatic carbocycles. The third-order valence-corrected chi connectivity index (χ3v) is 4.41.